The van der Waals surface area contributed by atoms with Gasteiger partial charge in [-0.1, -0.05) is 0 Å². The number of aromatic nitrogens is 1. The molecule has 0 aliphatic heterocycles. The molecule has 0 bridgehead atoms. The third-order valence-corrected chi connectivity index (χ3v) is 4.48. The molecule has 116 valence electrons. The molecule has 0 radical (unpaired) electrons. The first kappa shape index (κ1) is 15.0. The average Bonchev–Trinajstić information content (AvgIpc) is 2.85. The number of nitrogens with one attached hydrogen (secondary N) is 1. The smallest absolute Gasteiger partial charge is 0.257 e. The number of aryl methyl sites for hydroxylation is 1. The highest BCUT2D eigenvalue weighted by Gasteiger charge is 2.21. The van der Waals surface area contributed by atoms with Gasteiger partial charge in [0.2, 0.25) is 0 Å². The lowest BCUT2D eigenvalue weighted by Crippen LogP contribution is -2.27. The van der Waals surface area contributed by atoms with Crippen LogP contribution in [0.5, 0.6) is 0 Å². The fourth-order valence-electron chi connectivity index (χ4n) is 2.31. The van der Waals surface area contributed by atoms with Crippen molar-refractivity contribution in [3.63, 3.8) is 0 Å². The number of fused-ring (bicyclic) bond motifs is 1. The molecule has 0 saturated heterocycles. The standard InChI is InChI=1S/C14H12F3N3OS/c15-8-3-6(4-9(16)12(8)17)13(21)20-14-19-10-2-1-7(18)5-11(10)22-14/h3-4,7H,1-2,5,18H2,(H,19,20,21)/t7-/m0/s1. The zero-order chi connectivity index (χ0) is 15.9. The third kappa shape index (κ3) is 2.84. The molecule has 0 saturated carbocycles. The summed E-state index contributed by atoms with van der Waals surface area (Å²) in [6, 6.07) is 1.38. The maximum absolute atomic E-state index is 13.1. The van der Waals surface area contributed by atoms with Crippen LogP contribution in [0, 0.1) is 17.5 Å². The Hall–Kier alpha value is -1.93. The summed E-state index contributed by atoms with van der Waals surface area (Å²) in [5.74, 6) is -5.16. The van der Waals surface area contributed by atoms with Gasteiger partial charge in [-0.3, -0.25) is 10.1 Å². The second-order valence-corrected chi connectivity index (χ2v) is 6.18. The number of hydrogen-bond donors (Lipinski definition) is 2. The Labute approximate surface area is 128 Å². The molecule has 1 atom stereocenters. The van der Waals surface area contributed by atoms with Crippen LogP contribution in [0.25, 0.3) is 0 Å². The molecule has 1 aromatic carbocycles. The molecule has 3 N–H and O–H groups in total. The van der Waals surface area contributed by atoms with E-state index >= 15 is 0 Å². The molecule has 1 amide bonds. The van der Waals surface area contributed by atoms with Crippen molar-refractivity contribution in [2.75, 3.05) is 5.32 Å². The lowest BCUT2D eigenvalue weighted by Gasteiger charge is -2.15. The van der Waals surface area contributed by atoms with Gasteiger partial charge in [-0.15, -0.1) is 11.3 Å². The van der Waals surface area contributed by atoms with Crippen molar-refractivity contribution in [1.82, 2.24) is 4.98 Å². The summed E-state index contributed by atoms with van der Waals surface area (Å²) < 4.78 is 39.2. The molecular weight excluding hydrogens is 315 g/mol. The monoisotopic (exact) mass is 327 g/mol. The van der Waals surface area contributed by atoms with Crippen molar-refractivity contribution >= 4 is 22.4 Å². The van der Waals surface area contributed by atoms with Gasteiger partial charge in [0.15, 0.2) is 22.6 Å². The average molecular weight is 327 g/mol. The third-order valence-electron chi connectivity index (χ3n) is 3.44. The van der Waals surface area contributed by atoms with Gasteiger partial charge in [-0.25, -0.2) is 18.2 Å². The van der Waals surface area contributed by atoms with Crippen molar-refractivity contribution in [3.8, 4) is 0 Å². The van der Waals surface area contributed by atoms with Gasteiger partial charge in [0.25, 0.3) is 5.91 Å². The molecular formula is C14H12F3N3OS. The second-order valence-electron chi connectivity index (χ2n) is 5.10. The summed E-state index contributed by atoms with van der Waals surface area (Å²) in [5.41, 5.74) is 6.45. The van der Waals surface area contributed by atoms with E-state index in [1.54, 1.807) is 0 Å². The Morgan fingerprint density at radius 1 is 1.32 bits per heavy atom. The largest absolute Gasteiger partial charge is 0.327 e. The summed E-state index contributed by atoms with van der Waals surface area (Å²) >= 11 is 1.29. The van der Waals surface area contributed by atoms with Crippen LogP contribution in [0.3, 0.4) is 0 Å². The highest BCUT2D eigenvalue weighted by atomic mass is 32.1. The van der Waals surface area contributed by atoms with E-state index in [1.165, 1.54) is 11.3 Å². The van der Waals surface area contributed by atoms with E-state index in [0.29, 0.717) is 23.7 Å². The molecule has 0 unspecified atom stereocenters. The lowest BCUT2D eigenvalue weighted by atomic mass is 9.99. The van der Waals surface area contributed by atoms with E-state index in [9.17, 15) is 18.0 Å². The van der Waals surface area contributed by atoms with Crippen LogP contribution in [-0.2, 0) is 12.8 Å². The van der Waals surface area contributed by atoms with E-state index in [-0.39, 0.29) is 11.6 Å². The molecule has 0 spiro atoms. The maximum atomic E-state index is 13.1. The number of thiazole rings is 1. The molecule has 2 aromatic rings. The minimum Gasteiger partial charge on any atom is -0.327 e. The molecule has 4 nitrogen and oxygen atoms in total. The Bertz CT molecular complexity index is 724. The zero-order valence-electron chi connectivity index (χ0n) is 11.3. The molecule has 22 heavy (non-hydrogen) atoms. The van der Waals surface area contributed by atoms with E-state index in [0.717, 1.165) is 23.4 Å². The predicted octanol–water partition coefficient (Wildman–Crippen LogP) is 2.63. The summed E-state index contributed by atoms with van der Waals surface area (Å²) in [4.78, 5) is 17.3. The number of nitrogens with zero attached hydrogens (tertiary/aromatic N) is 1. The van der Waals surface area contributed by atoms with Crippen molar-refractivity contribution in [3.05, 3.63) is 45.7 Å². The fraction of sp³-hybridized carbons (Fsp3) is 0.286. The van der Waals surface area contributed by atoms with Crippen LogP contribution in [0.2, 0.25) is 0 Å². The van der Waals surface area contributed by atoms with Gasteiger partial charge in [-0.2, -0.15) is 0 Å². The number of halogens is 3. The van der Waals surface area contributed by atoms with Gasteiger partial charge >= 0.3 is 0 Å². The molecule has 3 rings (SSSR count). The number of amides is 1. The summed E-state index contributed by atoms with van der Waals surface area (Å²) in [6.07, 6.45) is 2.27. The number of hydrogen-bond acceptors (Lipinski definition) is 4. The quantitative estimate of drug-likeness (QED) is 0.833. The van der Waals surface area contributed by atoms with Crippen molar-refractivity contribution in [1.29, 1.82) is 0 Å². The highest BCUT2D eigenvalue weighted by molar-refractivity contribution is 7.15. The Balaban J connectivity index is 1.80. The summed E-state index contributed by atoms with van der Waals surface area (Å²) in [5, 5.41) is 2.82. The predicted molar refractivity (Wildman–Crippen MR) is 76.4 cm³/mol. The number of nitrogens with two attached hydrogens (primary N) is 1. The van der Waals surface area contributed by atoms with Crippen molar-refractivity contribution in [2.24, 2.45) is 5.73 Å². The van der Waals surface area contributed by atoms with Crippen LogP contribution >= 0.6 is 11.3 Å². The van der Waals surface area contributed by atoms with E-state index in [1.807, 2.05) is 0 Å². The number of anilines is 1. The minimum absolute atomic E-state index is 0.0804. The molecule has 1 heterocycles. The van der Waals surface area contributed by atoms with Crippen LogP contribution in [0.15, 0.2) is 12.1 Å². The molecule has 1 aliphatic carbocycles. The SMILES string of the molecule is N[C@H]1CCc2nc(NC(=O)c3cc(F)c(F)c(F)c3)sc2C1. The second kappa shape index (κ2) is 5.69. The first-order valence-electron chi connectivity index (χ1n) is 6.64. The van der Waals surface area contributed by atoms with Crippen LogP contribution in [0.1, 0.15) is 27.3 Å². The van der Waals surface area contributed by atoms with Gasteiger partial charge < -0.3 is 5.73 Å². The molecule has 1 aromatic heterocycles. The van der Waals surface area contributed by atoms with Crippen molar-refractivity contribution in [2.45, 2.75) is 25.3 Å². The summed E-state index contributed by atoms with van der Waals surface area (Å²) in [7, 11) is 0. The fourth-order valence-corrected chi connectivity index (χ4v) is 3.41. The number of carbonyl (C=O) groups is 1. The number of carbonyl (C=O) groups excluding carboxylic acids is 1. The van der Waals surface area contributed by atoms with Gasteiger partial charge in [0, 0.05) is 16.5 Å². The topological polar surface area (TPSA) is 68.0 Å². The highest BCUT2D eigenvalue weighted by Crippen LogP contribution is 2.29. The van der Waals surface area contributed by atoms with E-state index in [4.69, 9.17) is 5.73 Å². The first-order chi connectivity index (χ1) is 10.4. The Morgan fingerprint density at radius 3 is 2.68 bits per heavy atom. The molecule has 1 aliphatic rings. The number of rotatable bonds is 2. The number of benzene rings is 1. The van der Waals surface area contributed by atoms with Gasteiger partial charge in [-0.05, 0) is 31.4 Å². The Kier molecular flexibility index (Phi) is 3.88. The van der Waals surface area contributed by atoms with Gasteiger partial charge in [0.1, 0.15) is 0 Å². The van der Waals surface area contributed by atoms with E-state index < -0.39 is 23.4 Å². The van der Waals surface area contributed by atoms with Crippen LogP contribution in [0.4, 0.5) is 18.3 Å². The lowest BCUT2D eigenvalue weighted by molar-refractivity contribution is 0.102. The molecule has 0 fully saturated rings. The first-order valence-corrected chi connectivity index (χ1v) is 7.45. The van der Waals surface area contributed by atoms with E-state index in [2.05, 4.69) is 10.3 Å². The normalized spacial score (nSPS) is 17.2. The van der Waals surface area contributed by atoms with Crippen molar-refractivity contribution < 1.29 is 18.0 Å². The minimum atomic E-state index is -1.60. The van der Waals surface area contributed by atoms with Crippen LogP contribution < -0.4 is 11.1 Å². The van der Waals surface area contributed by atoms with Gasteiger partial charge in [0.05, 0.1) is 5.69 Å². The Morgan fingerprint density at radius 2 is 2.00 bits per heavy atom. The molecule has 8 heteroatoms. The van der Waals surface area contributed by atoms with Crippen LogP contribution in [-0.4, -0.2) is 16.9 Å². The zero-order valence-corrected chi connectivity index (χ0v) is 12.1. The summed E-state index contributed by atoms with van der Waals surface area (Å²) in [6.45, 7) is 0. The maximum Gasteiger partial charge on any atom is 0.257 e.